The van der Waals surface area contributed by atoms with E-state index in [9.17, 15) is 9.18 Å². The molecule has 1 aliphatic rings. The molecule has 2 aromatic rings. The van der Waals surface area contributed by atoms with Crippen molar-refractivity contribution in [3.05, 3.63) is 27.2 Å². The highest BCUT2D eigenvalue weighted by atomic mass is 79.9. The smallest absolute Gasteiger partial charge is 0.243 e. The van der Waals surface area contributed by atoms with Gasteiger partial charge in [0.15, 0.2) is 4.77 Å². The van der Waals surface area contributed by atoms with Crippen molar-refractivity contribution in [3.8, 4) is 0 Å². The normalized spacial score (nSPS) is 19.7. The molecule has 0 spiro atoms. The predicted octanol–water partition coefficient (Wildman–Crippen LogP) is 3.05. The molecule has 1 aromatic carbocycles. The lowest BCUT2D eigenvalue weighted by atomic mass is 10.1. The van der Waals surface area contributed by atoms with Crippen molar-refractivity contribution in [2.45, 2.75) is 18.9 Å². The third-order valence-corrected chi connectivity index (χ3v) is 4.23. The average Bonchev–Trinajstić information content (AvgIpc) is 2.66. The van der Waals surface area contributed by atoms with Gasteiger partial charge in [0, 0.05) is 12.6 Å². The highest BCUT2D eigenvalue weighted by Gasteiger charge is 2.26. The maximum atomic E-state index is 13.7. The van der Waals surface area contributed by atoms with Gasteiger partial charge in [-0.3, -0.25) is 4.79 Å². The van der Waals surface area contributed by atoms with Crippen LogP contribution in [0.15, 0.2) is 16.6 Å². The molecular formula is C12H11BrFN3OS. The van der Waals surface area contributed by atoms with Crippen LogP contribution in [0.25, 0.3) is 11.0 Å². The number of aromatic amines is 1. The van der Waals surface area contributed by atoms with Crippen LogP contribution in [0, 0.1) is 10.6 Å². The minimum Gasteiger partial charge on any atom is -0.354 e. The second-order valence-corrected chi connectivity index (χ2v) is 5.77. The van der Waals surface area contributed by atoms with E-state index in [-0.39, 0.29) is 17.8 Å². The Bertz CT molecular complexity index is 724. The highest BCUT2D eigenvalue weighted by Crippen LogP contribution is 2.28. The number of fused-ring (bicyclic) bond motifs is 1. The molecule has 1 saturated heterocycles. The van der Waals surface area contributed by atoms with E-state index in [2.05, 4.69) is 26.2 Å². The van der Waals surface area contributed by atoms with Gasteiger partial charge in [0.25, 0.3) is 0 Å². The molecule has 4 nitrogen and oxygen atoms in total. The second-order valence-electron chi connectivity index (χ2n) is 4.53. The monoisotopic (exact) mass is 343 g/mol. The number of hydrogen-bond acceptors (Lipinski definition) is 2. The topological polar surface area (TPSA) is 49.8 Å². The molecule has 0 aliphatic carbocycles. The van der Waals surface area contributed by atoms with E-state index in [0.717, 1.165) is 11.9 Å². The van der Waals surface area contributed by atoms with Gasteiger partial charge in [-0.2, -0.15) is 0 Å². The largest absolute Gasteiger partial charge is 0.354 e. The fourth-order valence-electron chi connectivity index (χ4n) is 2.43. The number of nitrogens with one attached hydrogen (secondary N) is 2. The molecule has 7 heteroatoms. The van der Waals surface area contributed by atoms with Crippen molar-refractivity contribution in [3.63, 3.8) is 0 Å². The summed E-state index contributed by atoms with van der Waals surface area (Å²) < 4.78 is 16.2. The predicted molar refractivity (Wildman–Crippen MR) is 76.1 cm³/mol. The van der Waals surface area contributed by atoms with Crippen LogP contribution in [-0.2, 0) is 4.79 Å². The van der Waals surface area contributed by atoms with Crippen LogP contribution in [0.4, 0.5) is 4.39 Å². The summed E-state index contributed by atoms with van der Waals surface area (Å²) >= 11 is 8.40. The van der Waals surface area contributed by atoms with Crippen LogP contribution in [0.3, 0.4) is 0 Å². The van der Waals surface area contributed by atoms with E-state index in [1.807, 2.05) is 0 Å². The lowest BCUT2D eigenvalue weighted by Gasteiger charge is -2.23. The summed E-state index contributed by atoms with van der Waals surface area (Å²) in [7, 11) is 0. The van der Waals surface area contributed by atoms with Crippen LogP contribution >= 0.6 is 28.1 Å². The number of carbonyl (C=O) groups is 1. The number of halogens is 2. The van der Waals surface area contributed by atoms with Crippen LogP contribution in [0.2, 0.25) is 0 Å². The molecule has 1 aliphatic heterocycles. The van der Waals surface area contributed by atoms with Gasteiger partial charge in [-0.25, -0.2) is 4.39 Å². The molecule has 0 saturated carbocycles. The molecule has 100 valence electrons. The Morgan fingerprint density at radius 3 is 3.00 bits per heavy atom. The Morgan fingerprint density at radius 1 is 1.47 bits per heavy atom. The van der Waals surface area contributed by atoms with Crippen molar-refractivity contribution in [1.29, 1.82) is 0 Å². The molecule has 1 amide bonds. The lowest BCUT2D eigenvalue weighted by Crippen LogP contribution is -2.37. The highest BCUT2D eigenvalue weighted by molar-refractivity contribution is 9.10. The summed E-state index contributed by atoms with van der Waals surface area (Å²) in [6, 6.07) is 2.67. The maximum absolute atomic E-state index is 13.7. The first-order chi connectivity index (χ1) is 9.08. The summed E-state index contributed by atoms with van der Waals surface area (Å²) in [6.07, 6.45) is 1.61. The number of piperidine rings is 1. The molecule has 1 atom stereocenters. The van der Waals surface area contributed by atoms with Gasteiger partial charge in [-0.05, 0) is 47.1 Å². The summed E-state index contributed by atoms with van der Waals surface area (Å²) in [5.74, 6) is -0.432. The van der Waals surface area contributed by atoms with Crippen LogP contribution < -0.4 is 5.32 Å². The maximum Gasteiger partial charge on any atom is 0.243 e. The number of nitrogens with zero attached hydrogens (tertiary/aromatic N) is 1. The molecule has 3 rings (SSSR count). The van der Waals surface area contributed by atoms with E-state index >= 15 is 0 Å². The fraction of sp³-hybridized carbons (Fsp3) is 0.333. The van der Waals surface area contributed by atoms with Gasteiger partial charge >= 0.3 is 0 Å². The van der Waals surface area contributed by atoms with E-state index in [1.54, 1.807) is 10.6 Å². The first-order valence-corrected chi connectivity index (χ1v) is 7.15. The van der Waals surface area contributed by atoms with Crippen molar-refractivity contribution in [1.82, 2.24) is 14.9 Å². The molecule has 1 unspecified atom stereocenters. The Kier molecular flexibility index (Phi) is 3.18. The van der Waals surface area contributed by atoms with Gasteiger partial charge < -0.3 is 14.9 Å². The molecular weight excluding hydrogens is 333 g/mol. The molecule has 0 radical (unpaired) electrons. The number of hydrogen-bond donors (Lipinski definition) is 2. The summed E-state index contributed by atoms with van der Waals surface area (Å²) in [6.45, 7) is 0.685. The zero-order chi connectivity index (χ0) is 13.6. The SMILES string of the molecule is O=C1NCCCC1n1c(=S)[nH]c2cc(Br)c(F)cc21. The Balaban J connectivity index is 2.22. The van der Waals surface area contributed by atoms with Gasteiger partial charge in [0.1, 0.15) is 11.9 Å². The Morgan fingerprint density at radius 2 is 2.26 bits per heavy atom. The number of amides is 1. The molecule has 19 heavy (non-hydrogen) atoms. The Labute approximate surface area is 122 Å². The van der Waals surface area contributed by atoms with Gasteiger partial charge in [-0.1, -0.05) is 0 Å². The van der Waals surface area contributed by atoms with E-state index in [1.165, 1.54) is 6.07 Å². The van der Waals surface area contributed by atoms with Crippen molar-refractivity contribution < 1.29 is 9.18 Å². The first kappa shape index (κ1) is 12.8. The molecule has 0 bridgehead atoms. The van der Waals surface area contributed by atoms with Gasteiger partial charge in [0.05, 0.1) is 15.5 Å². The van der Waals surface area contributed by atoms with Crippen LogP contribution in [0.5, 0.6) is 0 Å². The number of carbonyl (C=O) groups excluding carboxylic acids is 1. The minimum absolute atomic E-state index is 0.0634. The van der Waals surface area contributed by atoms with Gasteiger partial charge in [-0.15, -0.1) is 0 Å². The lowest BCUT2D eigenvalue weighted by molar-refractivity contribution is -0.125. The third-order valence-electron chi connectivity index (χ3n) is 3.33. The summed E-state index contributed by atoms with van der Waals surface area (Å²) in [5.41, 5.74) is 1.34. The molecule has 1 aromatic heterocycles. The number of benzene rings is 1. The molecule has 1 fully saturated rings. The van der Waals surface area contributed by atoms with Crippen LogP contribution in [0.1, 0.15) is 18.9 Å². The second kappa shape index (κ2) is 4.72. The van der Waals surface area contributed by atoms with Gasteiger partial charge in [0.2, 0.25) is 5.91 Å². The van der Waals surface area contributed by atoms with Crippen molar-refractivity contribution in [2.24, 2.45) is 0 Å². The first-order valence-electron chi connectivity index (χ1n) is 5.95. The Hall–Kier alpha value is -1.21. The zero-order valence-electron chi connectivity index (χ0n) is 9.87. The summed E-state index contributed by atoms with van der Waals surface area (Å²) in [5, 5.41) is 2.82. The average molecular weight is 344 g/mol. The standard InChI is InChI=1S/C12H11BrFN3OS/c13-6-4-8-10(5-7(6)14)17(12(19)16-8)9-2-1-3-15-11(9)18/h4-5,9H,1-3H2,(H,15,18)(H,16,19). The van der Waals surface area contributed by atoms with Crippen molar-refractivity contribution in [2.75, 3.05) is 6.54 Å². The number of H-pyrrole nitrogens is 1. The van der Waals surface area contributed by atoms with E-state index in [4.69, 9.17) is 12.2 Å². The quantitative estimate of drug-likeness (QED) is 0.782. The third kappa shape index (κ3) is 2.10. The minimum atomic E-state index is -0.369. The summed E-state index contributed by atoms with van der Waals surface area (Å²) in [4.78, 5) is 15.0. The fourth-order valence-corrected chi connectivity index (χ4v) is 3.11. The molecule has 2 heterocycles. The number of aromatic nitrogens is 2. The number of rotatable bonds is 1. The van der Waals surface area contributed by atoms with E-state index < -0.39 is 0 Å². The van der Waals surface area contributed by atoms with Crippen molar-refractivity contribution >= 4 is 45.1 Å². The van der Waals surface area contributed by atoms with Crippen LogP contribution in [-0.4, -0.2) is 22.0 Å². The van der Waals surface area contributed by atoms with E-state index in [0.29, 0.717) is 27.7 Å². The molecule has 2 N–H and O–H groups in total. The zero-order valence-corrected chi connectivity index (χ0v) is 12.3. The number of imidazole rings is 1.